The number of rotatable bonds is 10. The Kier molecular flexibility index (Phi) is 9.27. The van der Waals surface area contributed by atoms with Crippen LogP contribution in [0.2, 0.25) is 0 Å². The molecule has 0 radical (unpaired) electrons. The van der Waals surface area contributed by atoms with Crippen molar-refractivity contribution in [2.45, 2.75) is 19.9 Å². The number of hydrogen-bond donors (Lipinski definition) is 0. The van der Waals surface area contributed by atoms with E-state index in [1.165, 1.54) is 11.3 Å². The largest absolute Gasteiger partial charge is 0.490 e. The number of ether oxygens (including phenoxy) is 2. The average Bonchev–Trinajstić information content (AvgIpc) is 3.68. The normalized spacial score (nSPS) is 14.2. The van der Waals surface area contributed by atoms with Crippen LogP contribution in [-0.4, -0.2) is 28.3 Å². The number of fused-ring (bicyclic) bond motifs is 1. The van der Waals surface area contributed by atoms with Crippen molar-refractivity contribution in [1.82, 2.24) is 9.13 Å². The Hall–Kier alpha value is -5.99. The number of hydrogen-bond acceptors (Lipinski definition) is 6. The van der Waals surface area contributed by atoms with Gasteiger partial charge in [0.1, 0.15) is 12.4 Å². The number of thiazole rings is 1. The molecule has 3 heterocycles. The first-order chi connectivity index (χ1) is 24.5. The zero-order valence-electron chi connectivity index (χ0n) is 27.8. The molecular formula is C42H35N3O4S. The van der Waals surface area contributed by atoms with Gasteiger partial charge in [0.2, 0.25) is 0 Å². The Balaban J connectivity index is 1.47. The van der Waals surface area contributed by atoms with Crippen molar-refractivity contribution in [1.29, 1.82) is 0 Å². The second-order valence-corrected chi connectivity index (χ2v) is 12.7. The minimum absolute atomic E-state index is 0.200. The zero-order chi connectivity index (χ0) is 34.6. The van der Waals surface area contributed by atoms with Crippen LogP contribution < -0.4 is 19.6 Å². The summed E-state index contributed by atoms with van der Waals surface area (Å²) in [5, 5.41) is 0. The van der Waals surface area contributed by atoms with Gasteiger partial charge in [0.25, 0.3) is 5.56 Å². The predicted molar refractivity (Wildman–Crippen MR) is 199 cm³/mol. The van der Waals surface area contributed by atoms with Crippen LogP contribution in [-0.2, 0) is 9.53 Å². The van der Waals surface area contributed by atoms with Gasteiger partial charge < -0.3 is 14.0 Å². The summed E-state index contributed by atoms with van der Waals surface area (Å²) in [6, 6.07) is 39.5. The Morgan fingerprint density at radius 2 is 1.54 bits per heavy atom. The van der Waals surface area contributed by atoms with Gasteiger partial charge in [-0.15, -0.1) is 0 Å². The van der Waals surface area contributed by atoms with Gasteiger partial charge in [0.05, 0.1) is 39.8 Å². The molecule has 7 rings (SSSR count). The fourth-order valence-electron chi connectivity index (χ4n) is 6.35. The molecule has 248 valence electrons. The van der Waals surface area contributed by atoms with Crippen molar-refractivity contribution in [3.63, 3.8) is 0 Å². The second-order valence-electron chi connectivity index (χ2n) is 11.7. The summed E-state index contributed by atoms with van der Waals surface area (Å²) in [6.07, 6.45) is 3.63. The molecule has 1 aliphatic rings. The molecule has 0 saturated heterocycles. The van der Waals surface area contributed by atoms with Gasteiger partial charge in [0.15, 0.2) is 4.80 Å². The standard InChI is InChI=1S/C42H35N3O4S/c1-4-25-49-34-23-21-31(22-24-34)39-37(41(47)48-5-2)28(3)43-42-45(39)40(46)36(50-42)27-32-26-35(29-15-9-6-10-16-29)44(33-19-13-8-14-20-33)38(32)30-17-11-7-12-18-30/h4,6-24,26-27,39H,1,5,25H2,2-3H3/b36-27-/t39-/m0/s1. The van der Waals surface area contributed by atoms with Crippen LogP contribution in [0.25, 0.3) is 34.3 Å². The topological polar surface area (TPSA) is 74.8 Å². The fraction of sp³-hybridized carbons (Fsp3) is 0.119. The van der Waals surface area contributed by atoms with Crippen LogP contribution in [0.4, 0.5) is 0 Å². The maximum absolute atomic E-state index is 14.6. The highest BCUT2D eigenvalue weighted by atomic mass is 32.1. The van der Waals surface area contributed by atoms with E-state index < -0.39 is 12.0 Å². The molecule has 2 aromatic heterocycles. The molecule has 0 spiro atoms. The second kappa shape index (κ2) is 14.2. The summed E-state index contributed by atoms with van der Waals surface area (Å²) < 4.78 is 15.6. The predicted octanol–water partition coefficient (Wildman–Crippen LogP) is 7.49. The smallest absolute Gasteiger partial charge is 0.338 e. The van der Waals surface area contributed by atoms with Gasteiger partial charge in [0, 0.05) is 11.3 Å². The van der Waals surface area contributed by atoms with Crippen LogP contribution in [0.5, 0.6) is 5.75 Å². The van der Waals surface area contributed by atoms with E-state index >= 15 is 0 Å². The van der Waals surface area contributed by atoms with Crippen molar-refractivity contribution in [2.24, 2.45) is 4.99 Å². The summed E-state index contributed by atoms with van der Waals surface area (Å²) in [5.41, 5.74) is 7.23. The highest BCUT2D eigenvalue weighted by Gasteiger charge is 2.33. The number of esters is 1. The number of benzene rings is 4. The van der Waals surface area contributed by atoms with Crippen LogP contribution in [0.15, 0.2) is 155 Å². The number of carbonyl (C=O) groups is 1. The SMILES string of the molecule is C=CCOc1ccc([C@H]2C(C(=O)OCC)=C(C)N=c3s/c(=C\c4cc(-c5ccccc5)n(-c5ccccc5)c4-c4ccccc4)c(=O)n32)cc1. The van der Waals surface area contributed by atoms with E-state index in [0.717, 1.165) is 39.3 Å². The molecule has 0 N–H and O–H groups in total. The van der Waals surface area contributed by atoms with Gasteiger partial charge in [-0.3, -0.25) is 9.36 Å². The number of carbonyl (C=O) groups excluding carboxylic acids is 1. The van der Waals surface area contributed by atoms with Crippen LogP contribution in [0.3, 0.4) is 0 Å². The highest BCUT2D eigenvalue weighted by Crippen LogP contribution is 2.37. The fourth-order valence-corrected chi connectivity index (χ4v) is 7.39. The maximum Gasteiger partial charge on any atom is 0.338 e. The van der Waals surface area contributed by atoms with E-state index in [-0.39, 0.29) is 12.2 Å². The van der Waals surface area contributed by atoms with E-state index in [0.29, 0.717) is 33.0 Å². The average molecular weight is 678 g/mol. The summed E-state index contributed by atoms with van der Waals surface area (Å²) in [7, 11) is 0. The minimum Gasteiger partial charge on any atom is -0.490 e. The summed E-state index contributed by atoms with van der Waals surface area (Å²) >= 11 is 1.31. The molecule has 7 nitrogen and oxygen atoms in total. The maximum atomic E-state index is 14.6. The number of nitrogens with zero attached hydrogens (tertiary/aromatic N) is 3. The van der Waals surface area contributed by atoms with E-state index in [1.807, 2.05) is 84.9 Å². The molecule has 0 amide bonds. The van der Waals surface area contributed by atoms with Gasteiger partial charge in [-0.05, 0) is 66.9 Å². The highest BCUT2D eigenvalue weighted by molar-refractivity contribution is 7.07. The first-order valence-electron chi connectivity index (χ1n) is 16.4. The van der Waals surface area contributed by atoms with E-state index in [2.05, 4.69) is 53.6 Å². The van der Waals surface area contributed by atoms with E-state index in [1.54, 1.807) is 24.5 Å². The van der Waals surface area contributed by atoms with Gasteiger partial charge in [-0.25, -0.2) is 9.79 Å². The van der Waals surface area contributed by atoms with Crippen LogP contribution in [0.1, 0.15) is 31.0 Å². The molecule has 0 bridgehead atoms. The molecule has 0 fully saturated rings. The summed E-state index contributed by atoms with van der Waals surface area (Å²) in [4.78, 5) is 33.3. The summed E-state index contributed by atoms with van der Waals surface area (Å²) in [5.74, 6) is 0.156. The Labute approximate surface area is 294 Å². The molecule has 8 heteroatoms. The first-order valence-corrected chi connectivity index (χ1v) is 17.3. The molecule has 0 aliphatic carbocycles. The number of aromatic nitrogens is 2. The molecule has 1 aliphatic heterocycles. The van der Waals surface area contributed by atoms with Crippen LogP contribution in [0, 0.1) is 0 Å². The monoisotopic (exact) mass is 677 g/mol. The third-order valence-electron chi connectivity index (χ3n) is 8.53. The van der Waals surface area contributed by atoms with Gasteiger partial charge in [-0.2, -0.15) is 0 Å². The lowest BCUT2D eigenvalue weighted by Crippen LogP contribution is -2.39. The molecule has 50 heavy (non-hydrogen) atoms. The van der Waals surface area contributed by atoms with Crippen molar-refractivity contribution < 1.29 is 14.3 Å². The Morgan fingerprint density at radius 3 is 2.18 bits per heavy atom. The lowest BCUT2D eigenvalue weighted by atomic mass is 9.96. The van der Waals surface area contributed by atoms with Gasteiger partial charge >= 0.3 is 5.97 Å². The van der Waals surface area contributed by atoms with Crippen molar-refractivity contribution >= 4 is 23.4 Å². The Bertz CT molecular complexity index is 2390. The van der Waals surface area contributed by atoms with E-state index in [9.17, 15) is 9.59 Å². The lowest BCUT2D eigenvalue weighted by molar-refractivity contribution is -0.139. The lowest BCUT2D eigenvalue weighted by Gasteiger charge is -2.24. The van der Waals surface area contributed by atoms with E-state index in [4.69, 9.17) is 14.5 Å². The molecule has 0 unspecified atom stereocenters. The van der Waals surface area contributed by atoms with Crippen molar-refractivity contribution in [3.8, 4) is 34.0 Å². The Morgan fingerprint density at radius 1 is 0.900 bits per heavy atom. The molecular weight excluding hydrogens is 643 g/mol. The third kappa shape index (κ3) is 6.17. The molecule has 1 atom stereocenters. The number of allylic oxidation sites excluding steroid dienone is 1. The molecule has 0 saturated carbocycles. The molecule has 6 aromatic rings. The zero-order valence-corrected chi connectivity index (χ0v) is 28.6. The van der Waals surface area contributed by atoms with Gasteiger partial charge in [-0.1, -0.05) is 115 Å². The molecule has 4 aromatic carbocycles. The quantitative estimate of drug-likeness (QED) is 0.111. The van der Waals surface area contributed by atoms with Crippen molar-refractivity contribution in [2.75, 3.05) is 13.2 Å². The minimum atomic E-state index is -0.733. The van der Waals surface area contributed by atoms with Crippen LogP contribution >= 0.6 is 11.3 Å². The third-order valence-corrected chi connectivity index (χ3v) is 9.51. The number of para-hydroxylation sites is 1. The summed E-state index contributed by atoms with van der Waals surface area (Å²) in [6.45, 7) is 7.83. The van der Waals surface area contributed by atoms with Crippen molar-refractivity contribution in [3.05, 3.63) is 176 Å². The first kappa shape index (κ1) is 32.6.